The molecule has 0 spiro atoms. The van der Waals surface area contributed by atoms with Crippen LogP contribution in [0.5, 0.6) is 0 Å². The van der Waals surface area contributed by atoms with E-state index in [9.17, 15) is 4.79 Å². The fraction of sp³-hybridized carbons (Fsp3) is 0.909. The van der Waals surface area contributed by atoms with Crippen molar-refractivity contribution in [2.75, 3.05) is 26.7 Å². The molecule has 0 radical (unpaired) electrons. The fourth-order valence-electron chi connectivity index (χ4n) is 2.17. The standard InChI is InChI=1S/C11H20N2O2/c1-12-8-11(4-5-11)10(14)13-7-9-3-2-6-15-9/h9,12H,2-8H2,1H3,(H,13,14). The molecular formula is C11H20N2O2. The highest BCUT2D eigenvalue weighted by Crippen LogP contribution is 2.45. The van der Waals surface area contributed by atoms with Gasteiger partial charge in [0.05, 0.1) is 11.5 Å². The first-order chi connectivity index (χ1) is 7.27. The van der Waals surface area contributed by atoms with Crippen LogP contribution in [0.1, 0.15) is 25.7 Å². The van der Waals surface area contributed by atoms with Gasteiger partial charge in [-0.3, -0.25) is 4.79 Å². The quantitative estimate of drug-likeness (QED) is 0.688. The Morgan fingerprint density at radius 1 is 1.53 bits per heavy atom. The van der Waals surface area contributed by atoms with Crippen molar-refractivity contribution in [2.24, 2.45) is 5.41 Å². The van der Waals surface area contributed by atoms with E-state index in [0.717, 1.165) is 38.8 Å². The predicted molar refractivity (Wildman–Crippen MR) is 57.6 cm³/mol. The molecule has 2 rings (SSSR count). The highest BCUT2D eigenvalue weighted by molar-refractivity contribution is 5.85. The zero-order valence-electron chi connectivity index (χ0n) is 9.34. The Balaban J connectivity index is 1.72. The van der Waals surface area contributed by atoms with Gasteiger partial charge in [-0.2, -0.15) is 0 Å². The van der Waals surface area contributed by atoms with Crippen LogP contribution in [-0.2, 0) is 9.53 Å². The maximum Gasteiger partial charge on any atom is 0.227 e. The third-order valence-corrected chi connectivity index (χ3v) is 3.36. The van der Waals surface area contributed by atoms with Crippen LogP contribution in [0, 0.1) is 5.41 Å². The third kappa shape index (κ3) is 2.49. The molecule has 1 unspecified atom stereocenters. The third-order valence-electron chi connectivity index (χ3n) is 3.36. The van der Waals surface area contributed by atoms with Crippen LogP contribution >= 0.6 is 0 Å². The Kier molecular flexibility index (Phi) is 3.26. The summed E-state index contributed by atoms with van der Waals surface area (Å²) >= 11 is 0. The molecule has 4 heteroatoms. The molecule has 0 bridgehead atoms. The van der Waals surface area contributed by atoms with Gasteiger partial charge in [-0.15, -0.1) is 0 Å². The topological polar surface area (TPSA) is 50.4 Å². The first kappa shape index (κ1) is 10.9. The second-order valence-corrected chi connectivity index (χ2v) is 4.66. The average Bonchev–Trinajstić information content (AvgIpc) is 2.83. The summed E-state index contributed by atoms with van der Waals surface area (Å²) in [6.07, 6.45) is 4.50. The molecule has 2 aliphatic rings. The maximum absolute atomic E-state index is 11.9. The molecule has 2 fully saturated rings. The lowest BCUT2D eigenvalue weighted by Crippen LogP contribution is -2.40. The van der Waals surface area contributed by atoms with Crippen LogP contribution in [0.3, 0.4) is 0 Å². The van der Waals surface area contributed by atoms with Crippen LogP contribution in [0.2, 0.25) is 0 Å². The molecule has 1 amide bonds. The lowest BCUT2D eigenvalue weighted by atomic mass is 10.1. The molecule has 1 aliphatic carbocycles. The molecule has 4 nitrogen and oxygen atoms in total. The predicted octanol–water partition coefficient (Wildman–Crippen LogP) is 0.281. The summed E-state index contributed by atoms with van der Waals surface area (Å²) in [6, 6.07) is 0. The van der Waals surface area contributed by atoms with Crippen LogP contribution in [0.25, 0.3) is 0 Å². The van der Waals surface area contributed by atoms with Gasteiger partial charge in [-0.25, -0.2) is 0 Å². The largest absolute Gasteiger partial charge is 0.376 e. The number of rotatable bonds is 5. The minimum absolute atomic E-state index is 0.104. The molecule has 1 aliphatic heterocycles. The van der Waals surface area contributed by atoms with Crippen molar-refractivity contribution in [1.29, 1.82) is 0 Å². The van der Waals surface area contributed by atoms with Crippen molar-refractivity contribution in [3.63, 3.8) is 0 Å². The van der Waals surface area contributed by atoms with Crippen molar-refractivity contribution in [3.05, 3.63) is 0 Å². The highest BCUT2D eigenvalue weighted by Gasteiger charge is 2.49. The lowest BCUT2D eigenvalue weighted by molar-refractivity contribution is -0.126. The lowest BCUT2D eigenvalue weighted by Gasteiger charge is -2.16. The molecule has 1 heterocycles. The number of nitrogens with one attached hydrogen (secondary N) is 2. The van der Waals surface area contributed by atoms with Crippen LogP contribution < -0.4 is 10.6 Å². The zero-order valence-corrected chi connectivity index (χ0v) is 9.34. The van der Waals surface area contributed by atoms with Gasteiger partial charge in [0.2, 0.25) is 5.91 Å². The van der Waals surface area contributed by atoms with Gasteiger partial charge < -0.3 is 15.4 Å². The summed E-state index contributed by atoms with van der Waals surface area (Å²) in [5.74, 6) is 0.201. The Labute approximate surface area is 90.8 Å². The van der Waals surface area contributed by atoms with E-state index in [1.807, 2.05) is 7.05 Å². The average molecular weight is 212 g/mol. The van der Waals surface area contributed by atoms with E-state index < -0.39 is 0 Å². The summed E-state index contributed by atoms with van der Waals surface area (Å²) in [4.78, 5) is 11.9. The van der Waals surface area contributed by atoms with E-state index in [4.69, 9.17) is 4.74 Å². The summed E-state index contributed by atoms with van der Waals surface area (Å²) in [7, 11) is 1.90. The summed E-state index contributed by atoms with van der Waals surface area (Å²) in [5, 5.41) is 6.10. The number of amides is 1. The molecule has 0 aromatic rings. The monoisotopic (exact) mass is 212 g/mol. The van der Waals surface area contributed by atoms with Gasteiger partial charge in [0.1, 0.15) is 0 Å². The van der Waals surface area contributed by atoms with E-state index in [2.05, 4.69) is 10.6 Å². The first-order valence-electron chi connectivity index (χ1n) is 5.81. The van der Waals surface area contributed by atoms with Crippen molar-refractivity contribution in [2.45, 2.75) is 31.8 Å². The normalized spacial score (nSPS) is 27.7. The van der Waals surface area contributed by atoms with Crippen molar-refractivity contribution in [3.8, 4) is 0 Å². The van der Waals surface area contributed by atoms with Gasteiger partial charge in [0.15, 0.2) is 0 Å². The first-order valence-corrected chi connectivity index (χ1v) is 5.81. The summed E-state index contributed by atoms with van der Waals surface area (Å²) in [5.41, 5.74) is -0.104. The number of hydrogen-bond donors (Lipinski definition) is 2. The van der Waals surface area contributed by atoms with E-state index in [1.165, 1.54) is 0 Å². The molecule has 15 heavy (non-hydrogen) atoms. The maximum atomic E-state index is 11.9. The van der Waals surface area contributed by atoms with Gasteiger partial charge in [0, 0.05) is 19.7 Å². The molecule has 1 saturated carbocycles. The van der Waals surface area contributed by atoms with Crippen LogP contribution in [0.4, 0.5) is 0 Å². The van der Waals surface area contributed by atoms with E-state index in [1.54, 1.807) is 0 Å². The minimum Gasteiger partial charge on any atom is -0.376 e. The Bertz CT molecular complexity index is 233. The highest BCUT2D eigenvalue weighted by atomic mass is 16.5. The molecule has 1 saturated heterocycles. The van der Waals surface area contributed by atoms with Crippen LogP contribution in [-0.4, -0.2) is 38.8 Å². The Hall–Kier alpha value is -0.610. The SMILES string of the molecule is CNCC1(C(=O)NCC2CCCO2)CC1. The second kappa shape index (κ2) is 4.49. The molecular weight excluding hydrogens is 192 g/mol. The molecule has 2 N–H and O–H groups in total. The van der Waals surface area contributed by atoms with Crippen LogP contribution in [0.15, 0.2) is 0 Å². The smallest absolute Gasteiger partial charge is 0.227 e. The van der Waals surface area contributed by atoms with E-state index in [-0.39, 0.29) is 17.4 Å². The van der Waals surface area contributed by atoms with Gasteiger partial charge >= 0.3 is 0 Å². The zero-order chi connectivity index (χ0) is 10.7. The van der Waals surface area contributed by atoms with Gasteiger partial charge in [-0.05, 0) is 32.7 Å². The number of carbonyl (C=O) groups is 1. The van der Waals surface area contributed by atoms with Crippen molar-refractivity contribution in [1.82, 2.24) is 10.6 Å². The summed E-state index contributed by atoms with van der Waals surface area (Å²) < 4.78 is 5.47. The van der Waals surface area contributed by atoms with E-state index in [0.29, 0.717) is 6.54 Å². The molecule has 0 aromatic carbocycles. The molecule has 0 aromatic heterocycles. The number of hydrogen-bond acceptors (Lipinski definition) is 3. The van der Waals surface area contributed by atoms with Crippen molar-refractivity contribution < 1.29 is 9.53 Å². The number of ether oxygens (including phenoxy) is 1. The molecule has 86 valence electrons. The second-order valence-electron chi connectivity index (χ2n) is 4.66. The van der Waals surface area contributed by atoms with Gasteiger partial charge in [-0.1, -0.05) is 0 Å². The van der Waals surface area contributed by atoms with Crippen molar-refractivity contribution >= 4 is 5.91 Å². The Morgan fingerprint density at radius 3 is 2.87 bits per heavy atom. The minimum atomic E-state index is -0.104. The van der Waals surface area contributed by atoms with Gasteiger partial charge in [0.25, 0.3) is 0 Å². The Morgan fingerprint density at radius 2 is 2.33 bits per heavy atom. The summed E-state index contributed by atoms with van der Waals surface area (Å²) in [6.45, 7) is 2.33. The number of carbonyl (C=O) groups excluding carboxylic acids is 1. The van der Waals surface area contributed by atoms with E-state index >= 15 is 0 Å². The fourth-order valence-corrected chi connectivity index (χ4v) is 2.17. The molecule has 1 atom stereocenters.